The van der Waals surface area contributed by atoms with Crippen LogP contribution < -0.4 is 5.32 Å². The number of carbonyl (C=O) groups is 1. The summed E-state index contributed by atoms with van der Waals surface area (Å²) in [6.45, 7) is 4.28. The van der Waals surface area contributed by atoms with Gasteiger partial charge in [-0.05, 0) is 37.0 Å². The zero-order chi connectivity index (χ0) is 20.6. The predicted molar refractivity (Wildman–Crippen MR) is 126 cm³/mol. The van der Waals surface area contributed by atoms with E-state index in [2.05, 4.69) is 38.3 Å². The van der Waals surface area contributed by atoms with Crippen molar-refractivity contribution >= 4 is 35.9 Å². The van der Waals surface area contributed by atoms with Crippen molar-refractivity contribution in [2.45, 2.75) is 39.2 Å². The second kappa shape index (κ2) is 11.9. The van der Waals surface area contributed by atoms with E-state index in [4.69, 9.17) is 9.26 Å². The molecule has 0 bridgehead atoms. The zero-order valence-electron chi connectivity index (χ0n) is 17.8. The quantitative estimate of drug-likeness (QED) is 0.267. The second-order valence-corrected chi connectivity index (χ2v) is 7.15. The Kier molecular flexibility index (Phi) is 9.54. The number of piperidine rings is 1. The minimum absolute atomic E-state index is 0. The Morgan fingerprint density at radius 1 is 1.37 bits per heavy atom. The van der Waals surface area contributed by atoms with Gasteiger partial charge in [-0.2, -0.15) is 4.98 Å². The van der Waals surface area contributed by atoms with Crippen LogP contribution in [0.2, 0.25) is 0 Å². The Hall–Kier alpha value is -2.17. The first-order chi connectivity index (χ1) is 14.1. The molecule has 2 aromatic rings. The van der Waals surface area contributed by atoms with E-state index in [1.807, 2.05) is 18.2 Å². The first-order valence-corrected chi connectivity index (χ1v) is 10.1. The van der Waals surface area contributed by atoms with Crippen LogP contribution in [-0.2, 0) is 22.5 Å². The second-order valence-electron chi connectivity index (χ2n) is 7.15. The molecule has 0 saturated carbocycles. The monoisotopic (exact) mass is 527 g/mol. The lowest BCUT2D eigenvalue weighted by Crippen LogP contribution is -2.46. The van der Waals surface area contributed by atoms with Crippen LogP contribution in [0.5, 0.6) is 0 Å². The molecule has 1 aliphatic heterocycles. The fourth-order valence-electron chi connectivity index (χ4n) is 3.52. The number of nitrogens with one attached hydrogen (secondary N) is 1. The Bertz CT molecular complexity index is 847. The van der Waals surface area contributed by atoms with Crippen LogP contribution in [0, 0.1) is 5.92 Å². The molecule has 1 aliphatic rings. The number of halogens is 1. The largest absolute Gasteiger partial charge is 0.469 e. The molecule has 164 valence electrons. The molecular formula is C21H30IN5O3. The molecule has 0 unspecified atom stereocenters. The Labute approximate surface area is 194 Å². The molecule has 1 fully saturated rings. The molecule has 0 atom stereocenters. The van der Waals surface area contributed by atoms with E-state index in [1.165, 1.54) is 7.11 Å². The van der Waals surface area contributed by atoms with Gasteiger partial charge >= 0.3 is 5.97 Å². The number of aromatic nitrogens is 2. The Balaban J connectivity index is 0.00000320. The molecule has 1 aromatic heterocycles. The van der Waals surface area contributed by atoms with Gasteiger partial charge in [0, 0.05) is 38.7 Å². The summed E-state index contributed by atoms with van der Waals surface area (Å²) in [6, 6.07) is 8.06. The number of hydrogen-bond donors (Lipinski definition) is 1. The van der Waals surface area contributed by atoms with Crippen molar-refractivity contribution in [1.82, 2.24) is 20.4 Å². The minimum Gasteiger partial charge on any atom is -0.469 e. The number of benzene rings is 1. The molecule has 2 heterocycles. The fourth-order valence-corrected chi connectivity index (χ4v) is 3.52. The summed E-state index contributed by atoms with van der Waals surface area (Å²) in [6.07, 6.45) is 3.35. The number of esters is 1. The van der Waals surface area contributed by atoms with Gasteiger partial charge in [-0.3, -0.25) is 9.79 Å². The highest BCUT2D eigenvalue weighted by Gasteiger charge is 2.26. The normalized spacial score (nSPS) is 14.9. The molecule has 3 rings (SSSR count). The number of guanidine groups is 1. The third-order valence-corrected chi connectivity index (χ3v) is 5.11. The maximum absolute atomic E-state index is 11.7. The van der Waals surface area contributed by atoms with Crippen LogP contribution in [0.15, 0.2) is 33.8 Å². The predicted octanol–water partition coefficient (Wildman–Crippen LogP) is 3.27. The molecule has 0 radical (unpaired) electrons. The lowest BCUT2D eigenvalue weighted by atomic mass is 9.97. The molecule has 30 heavy (non-hydrogen) atoms. The maximum Gasteiger partial charge on any atom is 0.308 e. The zero-order valence-corrected chi connectivity index (χ0v) is 20.1. The van der Waals surface area contributed by atoms with E-state index < -0.39 is 0 Å². The summed E-state index contributed by atoms with van der Waals surface area (Å²) in [7, 11) is 3.22. The summed E-state index contributed by atoms with van der Waals surface area (Å²) < 4.78 is 10.2. The van der Waals surface area contributed by atoms with Gasteiger partial charge in [0.15, 0.2) is 11.8 Å². The molecule has 0 amide bonds. The van der Waals surface area contributed by atoms with E-state index in [-0.39, 0.29) is 35.9 Å². The molecule has 0 spiro atoms. The highest BCUT2D eigenvalue weighted by molar-refractivity contribution is 14.0. The number of likely N-dealkylation sites (tertiary alicyclic amines) is 1. The van der Waals surface area contributed by atoms with Crippen LogP contribution in [0.4, 0.5) is 0 Å². The highest BCUT2D eigenvalue weighted by atomic mass is 127. The number of aliphatic imine (C=N–C) groups is 1. The number of nitrogens with zero attached hydrogens (tertiary/aromatic N) is 4. The van der Waals surface area contributed by atoms with Crippen molar-refractivity contribution < 1.29 is 14.1 Å². The maximum atomic E-state index is 11.7. The van der Waals surface area contributed by atoms with E-state index in [1.54, 1.807) is 7.05 Å². The molecule has 8 nitrogen and oxygen atoms in total. The van der Waals surface area contributed by atoms with Crippen LogP contribution in [0.25, 0.3) is 11.5 Å². The van der Waals surface area contributed by atoms with Gasteiger partial charge in [0.2, 0.25) is 0 Å². The molecule has 1 aromatic carbocycles. The number of hydrogen-bond acceptors (Lipinski definition) is 6. The average Bonchev–Trinajstić information content (AvgIpc) is 3.23. The van der Waals surface area contributed by atoms with Crippen LogP contribution in [0.1, 0.15) is 37.6 Å². The molecule has 9 heteroatoms. The van der Waals surface area contributed by atoms with Crippen molar-refractivity contribution in [3.63, 3.8) is 0 Å². The summed E-state index contributed by atoms with van der Waals surface area (Å²) >= 11 is 0. The first-order valence-electron chi connectivity index (χ1n) is 10.1. The number of ether oxygens (including phenoxy) is 1. The number of aryl methyl sites for hydroxylation is 1. The van der Waals surface area contributed by atoms with E-state index >= 15 is 0 Å². The van der Waals surface area contributed by atoms with Gasteiger partial charge in [0.05, 0.1) is 13.0 Å². The molecular weight excluding hydrogens is 497 g/mol. The van der Waals surface area contributed by atoms with Crippen LogP contribution >= 0.6 is 24.0 Å². The van der Waals surface area contributed by atoms with Crippen molar-refractivity contribution in [2.24, 2.45) is 10.9 Å². The lowest BCUT2D eigenvalue weighted by molar-refractivity contribution is -0.146. The van der Waals surface area contributed by atoms with Gasteiger partial charge in [-0.15, -0.1) is 24.0 Å². The SMILES string of the molecule is CCCc1noc(-c2cccc(CNC(=NC)N3CCC(C(=O)OC)CC3)c2)n1.I. The minimum atomic E-state index is -0.118. The topological polar surface area (TPSA) is 92.9 Å². The first kappa shape index (κ1) is 24.1. The molecule has 1 saturated heterocycles. The lowest BCUT2D eigenvalue weighted by Gasteiger charge is -2.33. The van der Waals surface area contributed by atoms with Crippen LogP contribution in [-0.4, -0.2) is 54.2 Å². The Morgan fingerprint density at radius 3 is 2.80 bits per heavy atom. The highest BCUT2D eigenvalue weighted by Crippen LogP contribution is 2.20. The van der Waals surface area contributed by atoms with Gasteiger partial charge in [-0.25, -0.2) is 0 Å². The van der Waals surface area contributed by atoms with Gasteiger partial charge in [-0.1, -0.05) is 24.2 Å². The summed E-state index contributed by atoms with van der Waals surface area (Å²) in [5.41, 5.74) is 2.01. The average molecular weight is 527 g/mol. The number of methoxy groups -OCH3 is 1. The Morgan fingerprint density at radius 2 is 2.13 bits per heavy atom. The van der Waals surface area contributed by atoms with E-state index in [9.17, 15) is 4.79 Å². The fraction of sp³-hybridized carbons (Fsp3) is 0.524. The molecule has 0 aliphatic carbocycles. The van der Waals surface area contributed by atoms with E-state index in [0.29, 0.717) is 12.4 Å². The summed E-state index contributed by atoms with van der Waals surface area (Å²) in [5.74, 6) is 1.98. The van der Waals surface area contributed by atoms with Crippen molar-refractivity contribution in [1.29, 1.82) is 0 Å². The van der Waals surface area contributed by atoms with Crippen molar-refractivity contribution in [2.75, 3.05) is 27.2 Å². The van der Waals surface area contributed by atoms with Crippen molar-refractivity contribution in [3.05, 3.63) is 35.7 Å². The number of carbonyl (C=O) groups excluding carboxylic acids is 1. The van der Waals surface area contributed by atoms with Crippen LogP contribution in [0.3, 0.4) is 0 Å². The standard InChI is InChI=1S/C21H29N5O3.HI/c1-4-6-18-24-19(29-25-18)17-8-5-7-15(13-17)14-23-21(22-2)26-11-9-16(10-12-26)20(27)28-3;/h5,7-8,13,16H,4,6,9-12,14H2,1-3H3,(H,22,23);1H. The smallest absolute Gasteiger partial charge is 0.308 e. The summed E-state index contributed by atoms with van der Waals surface area (Å²) in [5, 5.41) is 7.44. The number of rotatable bonds is 6. The van der Waals surface area contributed by atoms with Gasteiger partial charge in [0.1, 0.15) is 0 Å². The third kappa shape index (κ3) is 6.16. The summed E-state index contributed by atoms with van der Waals surface area (Å²) in [4.78, 5) is 22.7. The molecule has 1 N–H and O–H groups in total. The van der Waals surface area contributed by atoms with E-state index in [0.717, 1.165) is 61.7 Å². The van der Waals surface area contributed by atoms with Gasteiger partial charge < -0.3 is 19.5 Å². The van der Waals surface area contributed by atoms with Gasteiger partial charge in [0.25, 0.3) is 5.89 Å². The third-order valence-electron chi connectivity index (χ3n) is 5.11. The van der Waals surface area contributed by atoms with Crippen molar-refractivity contribution in [3.8, 4) is 11.5 Å².